The van der Waals surface area contributed by atoms with Gasteiger partial charge in [-0.3, -0.25) is 0 Å². The molecule has 2 aliphatic carbocycles. The second-order valence-electron chi connectivity index (χ2n) is 7.26. The molecule has 0 aromatic heterocycles. The smallest absolute Gasteiger partial charge is 0.425 e. The molecule has 1 heterocycles. The summed E-state index contributed by atoms with van der Waals surface area (Å²) in [6, 6.07) is 7.20. The number of alkyl halides is 3. The molecule has 2 fully saturated rings. The van der Waals surface area contributed by atoms with E-state index in [0.29, 0.717) is 11.8 Å². The van der Waals surface area contributed by atoms with E-state index >= 15 is 0 Å². The number of hydrogen-bond donors (Lipinski definition) is 1. The van der Waals surface area contributed by atoms with E-state index in [1.807, 2.05) is 12.1 Å². The van der Waals surface area contributed by atoms with Crippen LogP contribution < -0.4 is 10.1 Å². The zero-order chi connectivity index (χ0) is 16.0. The Bertz CT molecular complexity index is 562. The van der Waals surface area contributed by atoms with Gasteiger partial charge >= 0.3 is 6.18 Å². The third-order valence-electron chi connectivity index (χ3n) is 5.81. The van der Waals surface area contributed by atoms with Crippen LogP contribution in [0.4, 0.5) is 13.2 Å². The van der Waals surface area contributed by atoms with Gasteiger partial charge in [0.2, 0.25) is 0 Å². The second kappa shape index (κ2) is 5.69. The van der Waals surface area contributed by atoms with Crippen molar-refractivity contribution in [1.29, 1.82) is 0 Å². The van der Waals surface area contributed by atoms with Gasteiger partial charge in [0.15, 0.2) is 6.10 Å². The fourth-order valence-corrected chi connectivity index (χ4v) is 4.76. The zero-order valence-electron chi connectivity index (χ0n) is 13.0. The summed E-state index contributed by atoms with van der Waals surface area (Å²) in [6.07, 6.45) is 0.0545. The molecule has 23 heavy (non-hydrogen) atoms. The predicted octanol–water partition coefficient (Wildman–Crippen LogP) is 4.61. The molecule has 0 bridgehead atoms. The number of hydrogen-bond acceptors (Lipinski definition) is 2. The van der Waals surface area contributed by atoms with Crippen molar-refractivity contribution in [3.05, 3.63) is 29.8 Å². The first-order valence-electron chi connectivity index (χ1n) is 8.59. The van der Waals surface area contributed by atoms with Gasteiger partial charge in [0.25, 0.3) is 0 Å². The lowest BCUT2D eigenvalue weighted by Gasteiger charge is -2.35. The minimum atomic E-state index is -4.32. The fourth-order valence-electron chi connectivity index (χ4n) is 4.76. The van der Waals surface area contributed by atoms with Crippen LogP contribution >= 0.6 is 0 Å². The highest BCUT2D eigenvalue weighted by Gasteiger charge is 2.47. The Morgan fingerprint density at radius 1 is 1.00 bits per heavy atom. The third kappa shape index (κ3) is 2.95. The van der Waals surface area contributed by atoms with Gasteiger partial charge in [0.1, 0.15) is 5.75 Å². The average molecular weight is 325 g/mol. The number of ether oxygens (including phenoxy) is 1. The molecule has 1 aromatic carbocycles. The first-order chi connectivity index (χ1) is 11.0. The molecule has 2 unspecified atom stereocenters. The van der Waals surface area contributed by atoms with Crippen LogP contribution in [-0.2, 0) is 0 Å². The van der Waals surface area contributed by atoms with E-state index in [0.717, 1.165) is 30.2 Å². The van der Waals surface area contributed by atoms with Crippen LogP contribution in [0.5, 0.6) is 5.75 Å². The summed E-state index contributed by atoms with van der Waals surface area (Å²) < 4.78 is 44.7. The topological polar surface area (TPSA) is 21.3 Å². The van der Waals surface area contributed by atoms with Crippen LogP contribution in [0.15, 0.2) is 24.3 Å². The van der Waals surface area contributed by atoms with Crippen molar-refractivity contribution >= 4 is 0 Å². The molecule has 1 N–H and O–H groups in total. The summed E-state index contributed by atoms with van der Waals surface area (Å²) in [7, 11) is 0. The normalized spacial score (nSPS) is 36.4. The molecule has 0 saturated heterocycles. The summed E-state index contributed by atoms with van der Waals surface area (Å²) in [6.45, 7) is 0. The minimum Gasteiger partial charge on any atom is -0.481 e. The first-order valence-corrected chi connectivity index (χ1v) is 8.59. The van der Waals surface area contributed by atoms with E-state index < -0.39 is 12.3 Å². The van der Waals surface area contributed by atoms with Gasteiger partial charge in [-0.05, 0) is 30.7 Å². The molecule has 1 aliphatic heterocycles. The summed E-state index contributed by atoms with van der Waals surface area (Å²) in [4.78, 5) is 0. The highest BCUT2D eigenvalue weighted by Crippen LogP contribution is 2.46. The van der Waals surface area contributed by atoms with Crippen molar-refractivity contribution in [3.8, 4) is 5.75 Å². The van der Waals surface area contributed by atoms with Crippen molar-refractivity contribution < 1.29 is 17.9 Å². The largest absolute Gasteiger partial charge is 0.481 e. The van der Waals surface area contributed by atoms with Crippen LogP contribution in [0, 0.1) is 11.8 Å². The molecule has 3 aliphatic rings. The Morgan fingerprint density at radius 2 is 1.70 bits per heavy atom. The third-order valence-corrected chi connectivity index (χ3v) is 5.81. The molecule has 2 saturated carbocycles. The van der Waals surface area contributed by atoms with E-state index in [4.69, 9.17) is 4.74 Å². The molecule has 126 valence electrons. The van der Waals surface area contributed by atoms with Crippen molar-refractivity contribution in [2.24, 2.45) is 11.8 Å². The van der Waals surface area contributed by atoms with Gasteiger partial charge in [-0.2, -0.15) is 13.2 Å². The molecule has 5 heteroatoms. The van der Waals surface area contributed by atoms with Gasteiger partial charge in [-0.1, -0.05) is 37.5 Å². The van der Waals surface area contributed by atoms with Crippen molar-refractivity contribution in [2.75, 3.05) is 0 Å². The number of fused-ring (bicyclic) bond motifs is 2. The fraction of sp³-hybridized carbons (Fsp3) is 0.667. The van der Waals surface area contributed by atoms with E-state index in [-0.39, 0.29) is 12.5 Å². The van der Waals surface area contributed by atoms with Gasteiger partial charge in [0.05, 0.1) is 0 Å². The molecular weight excluding hydrogens is 303 g/mol. The number of nitrogens with one attached hydrogen (secondary N) is 1. The Balaban J connectivity index is 1.52. The van der Waals surface area contributed by atoms with Crippen molar-refractivity contribution in [2.45, 2.75) is 62.9 Å². The maximum atomic E-state index is 13.2. The van der Waals surface area contributed by atoms with Crippen LogP contribution in [0.2, 0.25) is 0 Å². The molecule has 0 radical (unpaired) electrons. The summed E-state index contributed by atoms with van der Waals surface area (Å²) >= 11 is 0. The van der Waals surface area contributed by atoms with E-state index in [9.17, 15) is 13.2 Å². The van der Waals surface area contributed by atoms with Crippen molar-refractivity contribution in [3.63, 3.8) is 0 Å². The van der Waals surface area contributed by atoms with Gasteiger partial charge in [-0.25, -0.2) is 0 Å². The molecular formula is C18H22F3NO. The maximum Gasteiger partial charge on any atom is 0.425 e. The highest BCUT2D eigenvalue weighted by atomic mass is 19.4. The molecule has 2 nitrogen and oxygen atoms in total. The monoisotopic (exact) mass is 325 g/mol. The summed E-state index contributed by atoms with van der Waals surface area (Å²) in [5, 5.41) is 3.52. The van der Waals surface area contributed by atoms with Crippen LogP contribution in [-0.4, -0.2) is 18.3 Å². The van der Waals surface area contributed by atoms with E-state index in [1.54, 1.807) is 12.1 Å². The molecule has 0 spiro atoms. The number of halogens is 3. The quantitative estimate of drug-likeness (QED) is 0.857. The average Bonchev–Trinajstić information content (AvgIpc) is 3.07. The number of para-hydroxylation sites is 1. The lowest BCUT2D eigenvalue weighted by atomic mass is 9.95. The predicted molar refractivity (Wildman–Crippen MR) is 81.3 cm³/mol. The van der Waals surface area contributed by atoms with E-state index in [1.165, 1.54) is 19.3 Å². The van der Waals surface area contributed by atoms with Gasteiger partial charge < -0.3 is 10.1 Å². The van der Waals surface area contributed by atoms with Gasteiger partial charge in [0, 0.05) is 24.1 Å². The van der Waals surface area contributed by atoms with Crippen LogP contribution in [0.25, 0.3) is 0 Å². The standard InChI is InChI=1S/C18H22F3NO/c19-18(20,21)17-10-15(14-6-1-2-7-16(14)23-17)22-13-8-11-4-3-5-12(11)9-13/h1-2,6-7,11-13,15,17,22H,3-5,8-10H2/t11-,12?,13?,15-,17+/m1/s1. The first kappa shape index (κ1) is 15.3. The lowest BCUT2D eigenvalue weighted by molar-refractivity contribution is -0.201. The Labute approximate surface area is 134 Å². The molecule has 4 rings (SSSR count). The van der Waals surface area contributed by atoms with E-state index in [2.05, 4.69) is 5.32 Å². The molecule has 5 atom stereocenters. The Hall–Kier alpha value is -1.23. The van der Waals surface area contributed by atoms with Crippen molar-refractivity contribution in [1.82, 2.24) is 5.32 Å². The SMILES string of the molecule is FC(F)(F)[C@@H]1C[C@@H](NC2CC3CCC[C@@H]3C2)c2ccccc2O1. The molecule has 0 amide bonds. The summed E-state index contributed by atoms with van der Waals surface area (Å²) in [5.41, 5.74) is 0.866. The minimum absolute atomic E-state index is 0.0354. The number of rotatable bonds is 2. The second-order valence-corrected chi connectivity index (χ2v) is 7.26. The Kier molecular flexibility index (Phi) is 3.79. The van der Waals surface area contributed by atoms with Gasteiger partial charge in [-0.15, -0.1) is 0 Å². The zero-order valence-corrected chi connectivity index (χ0v) is 13.0. The molecule has 1 aromatic rings. The maximum absolute atomic E-state index is 13.2. The van der Waals surface area contributed by atoms with Crippen LogP contribution in [0.3, 0.4) is 0 Å². The highest BCUT2D eigenvalue weighted by molar-refractivity contribution is 5.38. The van der Waals surface area contributed by atoms with Crippen LogP contribution in [0.1, 0.15) is 50.1 Å². The number of benzene rings is 1. The summed E-state index contributed by atoms with van der Waals surface area (Å²) in [5.74, 6) is 1.93. The lowest BCUT2D eigenvalue weighted by Crippen LogP contribution is -2.43. The Morgan fingerprint density at radius 3 is 2.39 bits per heavy atom.